The lowest BCUT2D eigenvalue weighted by Crippen LogP contribution is -2.27. The summed E-state index contributed by atoms with van der Waals surface area (Å²) in [6.45, 7) is 4.06. The molecule has 2 aliphatic heterocycles. The number of benzene rings is 4. The molecule has 6 aromatic rings. The van der Waals surface area contributed by atoms with Crippen LogP contribution in [0.5, 0.6) is 0 Å². The zero-order valence-electron chi connectivity index (χ0n) is 29.4. The summed E-state index contributed by atoms with van der Waals surface area (Å²) in [6, 6.07) is 38.7. The molecule has 0 amide bonds. The van der Waals surface area contributed by atoms with Gasteiger partial charge >= 0.3 is 0 Å². The zero-order valence-corrected chi connectivity index (χ0v) is 29.4. The van der Waals surface area contributed by atoms with Crippen molar-refractivity contribution in [2.24, 2.45) is 0 Å². The summed E-state index contributed by atoms with van der Waals surface area (Å²) in [5, 5.41) is 2.30. The first kappa shape index (κ1) is 32.7. The van der Waals surface area contributed by atoms with Gasteiger partial charge in [-0.1, -0.05) is 79.6 Å². The summed E-state index contributed by atoms with van der Waals surface area (Å²) in [5.41, 5.74) is 9.11. The number of hydrogen-bond donors (Lipinski definition) is 0. The van der Waals surface area contributed by atoms with Gasteiger partial charge in [-0.05, 0) is 92.1 Å². The number of nitrogens with zero attached hydrogens (tertiary/aromatic N) is 5. The van der Waals surface area contributed by atoms with E-state index in [2.05, 4.69) is 141 Å². The number of fused-ring (bicyclic) bond motifs is 3. The van der Waals surface area contributed by atoms with Crippen LogP contribution in [0.15, 0.2) is 145 Å². The van der Waals surface area contributed by atoms with Gasteiger partial charge in [-0.15, -0.1) is 0 Å². The fraction of sp³-hybridized carbons (Fsp3) is 0.267. The van der Waals surface area contributed by atoms with Gasteiger partial charge in [-0.2, -0.15) is 0 Å². The Balaban J connectivity index is 0.708. The average Bonchev–Trinajstić information content (AvgIpc) is 3.95. The van der Waals surface area contributed by atoms with Crippen molar-refractivity contribution in [3.05, 3.63) is 151 Å². The monoisotopic (exact) mass is 673 g/mol. The van der Waals surface area contributed by atoms with Gasteiger partial charge in [0.25, 0.3) is 0 Å². The highest BCUT2D eigenvalue weighted by atomic mass is 16.3. The van der Waals surface area contributed by atoms with Crippen LogP contribution in [0.1, 0.15) is 49.7 Å². The first-order chi connectivity index (χ1) is 25.3. The molecule has 8 rings (SSSR count). The molecule has 2 aromatic heterocycles. The average molecular weight is 674 g/mol. The van der Waals surface area contributed by atoms with E-state index >= 15 is 0 Å². The highest BCUT2D eigenvalue weighted by molar-refractivity contribution is 6.09. The topological polar surface area (TPSA) is 39.0 Å². The summed E-state index contributed by atoms with van der Waals surface area (Å²) >= 11 is 0. The molecule has 51 heavy (non-hydrogen) atoms. The number of furan rings is 1. The van der Waals surface area contributed by atoms with Crippen molar-refractivity contribution in [2.45, 2.75) is 51.4 Å². The first-order valence-corrected chi connectivity index (χ1v) is 18.6. The molecule has 6 nitrogen and oxygen atoms in total. The predicted octanol–water partition coefficient (Wildman–Crippen LogP) is 10.6. The van der Waals surface area contributed by atoms with E-state index < -0.39 is 0 Å². The lowest BCUT2D eigenvalue weighted by atomic mass is 10.0. The molecule has 0 spiro atoms. The number of para-hydroxylation sites is 3. The van der Waals surface area contributed by atoms with Crippen molar-refractivity contribution in [1.82, 2.24) is 14.8 Å². The molecule has 4 heterocycles. The second kappa shape index (κ2) is 15.6. The third-order valence-corrected chi connectivity index (χ3v) is 10.3. The number of pyridine rings is 1. The molecule has 4 aromatic carbocycles. The molecule has 0 radical (unpaired) electrons. The van der Waals surface area contributed by atoms with Gasteiger partial charge in [0, 0.05) is 71.8 Å². The Morgan fingerprint density at radius 3 is 1.84 bits per heavy atom. The molecule has 0 saturated heterocycles. The Morgan fingerprint density at radius 1 is 0.510 bits per heavy atom. The quantitative estimate of drug-likeness (QED) is 0.101. The number of rotatable bonds is 15. The van der Waals surface area contributed by atoms with Crippen molar-refractivity contribution < 1.29 is 4.42 Å². The van der Waals surface area contributed by atoms with Crippen LogP contribution in [0.2, 0.25) is 0 Å². The molecule has 0 fully saturated rings. The summed E-state index contributed by atoms with van der Waals surface area (Å²) in [6.07, 6.45) is 20.4. The summed E-state index contributed by atoms with van der Waals surface area (Å²) in [7, 11) is 0. The van der Waals surface area contributed by atoms with Crippen molar-refractivity contribution in [2.75, 3.05) is 36.2 Å². The van der Waals surface area contributed by atoms with Crippen LogP contribution in [0.4, 0.5) is 11.4 Å². The number of anilines is 2. The Bertz CT molecular complexity index is 2080. The van der Waals surface area contributed by atoms with Gasteiger partial charge in [0.05, 0.1) is 19.0 Å². The predicted molar refractivity (Wildman–Crippen MR) is 211 cm³/mol. The molecule has 0 N–H and O–H groups in total. The van der Waals surface area contributed by atoms with Crippen LogP contribution in [0.25, 0.3) is 33.2 Å². The van der Waals surface area contributed by atoms with Crippen LogP contribution in [0.3, 0.4) is 0 Å². The van der Waals surface area contributed by atoms with Gasteiger partial charge in [0.1, 0.15) is 11.2 Å². The second-order valence-electron chi connectivity index (χ2n) is 13.9. The van der Waals surface area contributed by atoms with Gasteiger partial charge < -0.3 is 24.0 Å². The van der Waals surface area contributed by atoms with E-state index in [1.807, 2.05) is 18.3 Å². The van der Waals surface area contributed by atoms with Crippen LogP contribution in [-0.2, 0) is 12.8 Å². The van der Waals surface area contributed by atoms with E-state index in [0.717, 1.165) is 72.5 Å². The molecular weight excluding hydrogens is 627 g/mol. The molecule has 2 aliphatic rings. The molecule has 258 valence electrons. The molecule has 0 atom stereocenters. The maximum atomic E-state index is 6.22. The SMILES string of the molecule is C1=CN(c2ccccc2)CN1CCCCN1C=CN(c2ccc(CCCCCCc3ccc(-c4cccc5c4oc4ccccc45)nc3)cc2)C1. The second-order valence-corrected chi connectivity index (χ2v) is 13.9. The van der Waals surface area contributed by atoms with Crippen molar-refractivity contribution in [3.63, 3.8) is 0 Å². The van der Waals surface area contributed by atoms with Crippen molar-refractivity contribution >= 4 is 33.3 Å². The van der Waals surface area contributed by atoms with E-state index in [1.165, 1.54) is 61.0 Å². The number of aromatic nitrogens is 1. The number of hydrogen-bond acceptors (Lipinski definition) is 6. The van der Waals surface area contributed by atoms with Gasteiger partial charge in [0.15, 0.2) is 0 Å². The molecule has 0 saturated carbocycles. The number of unbranched alkanes of at least 4 members (excludes halogenated alkanes) is 4. The fourth-order valence-electron chi connectivity index (χ4n) is 7.35. The highest BCUT2D eigenvalue weighted by Crippen LogP contribution is 2.35. The Morgan fingerprint density at radius 2 is 1.14 bits per heavy atom. The van der Waals surface area contributed by atoms with Gasteiger partial charge in [0.2, 0.25) is 0 Å². The maximum absolute atomic E-state index is 6.22. The third kappa shape index (κ3) is 7.81. The molecular formula is C45H47N5O. The third-order valence-electron chi connectivity index (χ3n) is 10.3. The van der Waals surface area contributed by atoms with E-state index in [4.69, 9.17) is 9.40 Å². The van der Waals surface area contributed by atoms with E-state index in [0.29, 0.717) is 0 Å². The van der Waals surface area contributed by atoms with E-state index in [9.17, 15) is 0 Å². The zero-order chi connectivity index (χ0) is 34.2. The first-order valence-electron chi connectivity index (χ1n) is 18.6. The van der Waals surface area contributed by atoms with Gasteiger partial charge in [-0.3, -0.25) is 4.98 Å². The Hall–Kier alpha value is -5.49. The van der Waals surface area contributed by atoms with Crippen molar-refractivity contribution in [3.8, 4) is 11.3 Å². The van der Waals surface area contributed by atoms with Gasteiger partial charge in [-0.25, -0.2) is 0 Å². The van der Waals surface area contributed by atoms with E-state index in [-0.39, 0.29) is 0 Å². The van der Waals surface area contributed by atoms with Crippen LogP contribution in [0, 0.1) is 0 Å². The molecule has 0 aliphatic carbocycles. The van der Waals surface area contributed by atoms with Crippen molar-refractivity contribution in [1.29, 1.82) is 0 Å². The lowest BCUT2D eigenvalue weighted by molar-refractivity contribution is 0.354. The van der Waals surface area contributed by atoms with E-state index in [1.54, 1.807) is 0 Å². The summed E-state index contributed by atoms with van der Waals surface area (Å²) in [4.78, 5) is 14.3. The minimum atomic E-state index is 0.914. The summed E-state index contributed by atoms with van der Waals surface area (Å²) < 4.78 is 6.22. The van der Waals surface area contributed by atoms with Crippen LogP contribution in [-0.4, -0.2) is 41.2 Å². The Labute approximate surface area is 301 Å². The van der Waals surface area contributed by atoms with Crippen LogP contribution >= 0.6 is 0 Å². The normalized spacial score (nSPS) is 14.2. The smallest absolute Gasteiger partial charge is 0.144 e. The maximum Gasteiger partial charge on any atom is 0.144 e. The summed E-state index contributed by atoms with van der Waals surface area (Å²) in [5.74, 6) is 0. The minimum absolute atomic E-state index is 0.914. The van der Waals surface area contributed by atoms with Crippen LogP contribution < -0.4 is 9.80 Å². The molecule has 0 unspecified atom stereocenters. The number of aryl methyl sites for hydroxylation is 2. The lowest BCUT2D eigenvalue weighted by Gasteiger charge is -2.23. The molecule has 6 heteroatoms. The minimum Gasteiger partial charge on any atom is -0.455 e. The largest absolute Gasteiger partial charge is 0.455 e. The highest BCUT2D eigenvalue weighted by Gasteiger charge is 2.16. The fourth-order valence-corrected chi connectivity index (χ4v) is 7.35. The molecule has 0 bridgehead atoms. The standard InChI is InChI=1S/C45H47N5O/c1(2-5-14-37-23-26-43(46-33-37)42-19-12-18-41-40-17-8-9-20-44(40)51-45(41)42)4-13-36-21-24-39(25-22-36)50-32-30-48(35-50)28-11-10-27-47-29-31-49(34-47)38-15-6-3-7-16-38/h3,6-9,12,15-26,29-33H,1-2,4-5,10-11,13-14,27-28,34-35H2. The Kier molecular flexibility index (Phi) is 10.00.